The van der Waals surface area contributed by atoms with Gasteiger partial charge in [0.25, 0.3) is 11.8 Å². The summed E-state index contributed by atoms with van der Waals surface area (Å²) in [5.41, 5.74) is 6.88. The molecule has 2 aliphatic rings. The Balaban J connectivity index is 1.49. The Bertz CT molecular complexity index is 861. The largest absolute Gasteiger partial charge is 0.319 e. The molecule has 2 amide bonds. The van der Waals surface area contributed by atoms with Crippen molar-refractivity contribution in [2.45, 2.75) is 19.3 Å². The second-order valence-corrected chi connectivity index (χ2v) is 6.13. The van der Waals surface area contributed by atoms with Gasteiger partial charge in [-0.15, -0.1) is 0 Å². The zero-order valence-corrected chi connectivity index (χ0v) is 13.7. The Labute approximate surface area is 145 Å². The Morgan fingerprint density at radius 1 is 1.08 bits per heavy atom. The average Bonchev–Trinajstić information content (AvgIpc) is 3.10. The summed E-state index contributed by atoms with van der Waals surface area (Å²) in [4.78, 5) is 28.6. The van der Waals surface area contributed by atoms with Gasteiger partial charge in [0.05, 0.1) is 5.69 Å². The van der Waals surface area contributed by atoms with Crippen LogP contribution in [0.2, 0.25) is 0 Å². The molecular formula is C19H18N4O2. The maximum Gasteiger partial charge on any atom is 0.292 e. The minimum Gasteiger partial charge on any atom is -0.319 e. The second-order valence-electron chi connectivity index (χ2n) is 6.13. The fourth-order valence-corrected chi connectivity index (χ4v) is 3.17. The molecule has 2 N–H and O–H groups in total. The lowest BCUT2D eigenvalue weighted by Gasteiger charge is -2.27. The molecule has 0 saturated carbocycles. The number of carbonyl (C=O) groups excluding carboxylic acids is 2. The lowest BCUT2D eigenvalue weighted by atomic mass is 10.1. The van der Waals surface area contributed by atoms with Crippen LogP contribution in [-0.4, -0.2) is 24.2 Å². The highest BCUT2D eigenvalue weighted by Crippen LogP contribution is 2.25. The Kier molecular flexibility index (Phi) is 3.93. The van der Waals surface area contributed by atoms with Crippen LogP contribution in [0.25, 0.3) is 0 Å². The van der Waals surface area contributed by atoms with Gasteiger partial charge in [-0.1, -0.05) is 24.3 Å². The van der Waals surface area contributed by atoms with Gasteiger partial charge in [0.1, 0.15) is 6.54 Å². The SMILES string of the molecule is O=C(Nc1ccc2c(c1)CCC2)C1=NCC(=O)N(c2ccccc2)N1. The first kappa shape index (κ1) is 15.4. The quantitative estimate of drug-likeness (QED) is 0.902. The number of benzene rings is 2. The molecule has 25 heavy (non-hydrogen) atoms. The summed E-state index contributed by atoms with van der Waals surface area (Å²) in [6, 6.07) is 15.1. The van der Waals surface area contributed by atoms with Crippen molar-refractivity contribution >= 4 is 29.0 Å². The van der Waals surface area contributed by atoms with Crippen LogP contribution in [0, 0.1) is 0 Å². The Morgan fingerprint density at radius 3 is 2.72 bits per heavy atom. The molecule has 2 aromatic carbocycles. The molecule has 0 atom stereocenters. The van der Waals surface area contributed by atoms with E-state index in [0.29, 0.717) is 5.69 Å². The van der Waals surface area contributed by atoms with Gasteiger partial charge in [-0.25, -0.2) is 5.01 Å². The van der Waals surface area contributed by atoms with Gasteiger partial charge in [0, 0.05) is 5.69 Å². The van der Waals surface area contributed by atoms with Gasteiger partial charge >= 0.3 is 0 Å². The van der Waals surface area contributed by atoms with E-state index in [1.807, 2.05) is 30.3 Å². The van der Waals surface area contributed by atoms with E-state index in [2.05, 4.69) is 21.8 Å². The fourth-order valence-electron chi connectivity index (χ4n) is 3.17. The molecular weight excluding hydrogens is 316 g/mol. The van der Waals surface area contributed by atoms with Gasteiger partial charge < -0.3 is 5.32 Å². The van der Waals surface area contributed by atoms with Crippen LogP contribution < -0.4 is 15.8 Å². The molecule has 0 saturated heterocycles. The van der Waals surface area contributed by atoms with E-state index in [-0.39, 0.29) is 24.2 Å². The molecule has 6 nitrogen and oxygen atoms in total. The number of rotatable bonds is 3. The van der Waals surface area contributed by atoms with Crippen molar-refractivity contribution in [3.63, 3.8) is 0 Å². The number of hydrogen-bond donors (Lipinski definition) is 2. The maximum absolute atomic E-state index is 12.5. The Hall–Kier alpha value is -3.15. The van der Waals surface area contributed by atoms with Gasteiger partial charge in [0.2, 0.25) is 5.84 Å². The lowest BCUT2D eigenvalue weighted by Crippen LogP contribution is -2.54. The minimum atomic E-state index is -0.355. The van der Waals surface area contributed by atoms with Crippen LogP contribution in [0.1, 0.15) is 17.5 Å². The van der Waals surface area contributed by atoms with E-state index in [1.54, 1.807) is 12.1 Å². The van der Waals surface area contributed by atoms with Crippen molar-refractivity contribution in [2.75, 3.05) is 16.9 Å². The molecule has 0 bridgehead atoms. The summed E-state index contributed by atoms with van der Waals surface area (Å²) < 4.78 is 0. The van der Waals surface area contributed by atoms with Gasteiger partial charge in [0.15, 0.2) is 0 Å². The number of para-hydroxylation sites is 1. The Morgan fingerprint density at radius 2 is 1.88 bits per heavy atom. The van der Waals surface area contributed by atoms with Crippen LogP contribution in [0.3, 0.4) is 0 Å². The number of hydrazine groups is 1. The molecule has 1 heterocycles. The van der Waals surface area contributed by atoms with Crippen LogP contribution in [0.15, 0.2) is 53.5 Å². The number of nitrogens with zero attached hydrogens (tertiary/aromatic N) is 2. The molecule has 1 aliphatic carbocycles. The summed E-state index contributed by atoms with van der Waals surface area (Å²) in [6.45, 7) is -0.0607. The van der Waals surface area contributed by atoms with E-state index < -0.39 is 0 Å². The highest BCUT2D eigenvalue weighted by atomic mass is 16.2. The number of carbonyl (C=O) groups is 2. The van der Waals surface area contributed by atoms with E-state index >= 15 is 0 Å². The monoisotopic (exact) mass is 334 g/mol. The first-order chi connectivity index (χ1) is 12.2. The molecule has 0 unspecified atom stereocenters. The number of aliphatic imine (C=N–C) groups is 1. The smallest absolute Gasteiger partial charge is 0.292 e. The van der Waals surface area contributed by atoms with E-state index in [9.17, 15) is 9.59 Å². The van der Waals surface area contributed by atoms with Crippen LogP contribution in [0.5, 0.6) is 0 Å². The van der Waals surface area contributed by atoms with Gasteiger partial charge in [-0.2, -0.15) is 0 Å². The zero-order chi connectivity index (χ0) is 17.2. The number of nitrogens with one attached hydrogen (secondary N) is 2. The topological polar surface area (TPSA) is 73.8 Å². The molecule has 1 aliphatic heterocycles. The highest BCUT2D eigenvalue weighted by Gasteiger charge is 2.25. The average molecular weight is 334 g/mol. The number of anilines is 2. The summed E-state index contributed by atoms with van der Waals surface area (Å²) in [7, 11) is 0. The standard InChI is InChI=1S/C19H18N4O2/c24-17-12-20-18(22-23(17)16-7-2-1-3-8-16)19(25)21-15-10-9-13-5-4-6-14(13)11-15/h1-3,7-11H,4-6,12H2,(H,20,22)(H,21,25). The molecule has 6 heteroatoms. The van der Waals surface area contributed by atoms with Crippen molar-refractivity contribution in [3.05, 3.63) is 59.7 Å². The summed E-state index contributed by atoms with van der Waals surface area (Å²) >= 11 is 0. The predicted octanol–water partition coefficient (Wildman–Crippen LogP) is 2.06. The number of aryl methyl sites for hydroxylation is 2. The molecule has 126 valence electrons. The van der Waals surface area contributed by atoms with Crippen molar-refractivity contribution in [3.8, 4) is 0 Å². The lowest BCUT2D eigenvalue weighted by molar-refractivity contribution is -0.118. The van der Waals surface area contributed by atoms with Crippen LogP contribution >= 0.6 is 0 Å². The van der Waals surface area contributed by atoms with Gasteiger partial charge in [-0.3, -0.25) is 20.0 Å². The van der Waals surface area contributed by atoms with Gasteiger partial charge in [-0.05, 0) is 54.7 Å². The number of fused-ring (bicyclic) bond motifs is 1. The summed E-state index contributed by atoms with van der Waals surface area (Å²) in [6.07, 6.45) is 3.32. The zero-order valence-electron chi connectivity index (χ0n) is 13.7. The summed E-state index contributed by atoms with van der Waals surface area (Å²) in [5, 5.41) is 4.21. The second kappa shape index (κ2) is 6.39. The van der Waals surface area contributed by atoms with Crippen molar-refractivity contribution < 1.29 is 9.59 Å². The maximum atomic E-state index is 12.5. The number of amidine groups is 1. The molecule has 0 radical (unpaired) electrons. The molecule has 0 fully saturated rings. The number of amides is 2. The fraction of sp³-hybridized carbons (Fsp3) is 0.211. The first-order valence-corrected chi connectivity index (χ1v) is 8.33. The van der Waals surface area contributed by atoms with Crippen LogP contribution in [0.4, 0.5) is 11.4 Å². The highest BCUT2D eigenvalue weighted by molar-refractivity contribution is 6.43. The molecule has 0 spiro atoms. The first-order valence-electron chi connectivity index (χ1n) is 8.33. The molecule has 2 aromatic rings. The minimum absolute atomic E-state index is 0.0607. The van der Waals surface area contributed by atoms with Crippen molar-refractivity contribution in [1.29, 1.82) is 0 Å². The molecule has 0 aromatic heterocycles. The number of hydrogen-bond acceptors (Lipinski definition) is 4. The van der Waals surface area contributed by atoms with E-state index in [0.717, 1.165) is 24.9 Å². The molecule has 4 rings (SSSR count). The predicted molar refractivity (Wildman–Crippen MR) is 96.5 cm³/mol. The van der Waals surface area contributed by atoms with E-state index in [1.165, 1.54) is 16.1 Å². The normalized spacial score (nSPS) is 16.1. The summed E-state index contributed by atoms with van der Waals surface area (Å²) in [5.74, 6) is -0.435. The van der Waals surface area contributed by atoms with Crippen molar-refractivity contribution in [2.24, 2.45) is 4.99 Å². The van der Waals surface area contributed by atoms with E-state index in [4.69, 9.17) is 0 Å². The third kappa shape index (κ3) is 3.10. The van der Waals surface area contributed by atoms with Crippen molar-refractivity contribution in [1.82, 2.24) is 5.43 Å². The van der Waals surface area contributed by atoms with Crippen LogP contribution in [-0.2, 0) is 22.4 Å². The third-order valence-corrected chi connectivity index (χ3v) is 4.43. The third-order valence-electron chi connectivity index (χ3n) is 4.43.